The highest BCUT2D eigenvalue weighted by atomic mass is 31.2. The quantitative estimate of drug-likeness (QED) is 0.0341. The Balaban J connectivity index is 3.83. The first-order chi connectivity index (χ1) is 20.3. The third-order valence-corrected chi connectivity index (χ3v) is 10.2. The normalized spacial score (nSPS) is 15.7. The minimum Gasteiger partial charge on any atom is -0.774 e. The lowest BCUT2D eigenvalue weighted by Crippen LogP contribution is -2.47. The molecule has 2 unspecified atom stereocenters. The van der Waals surface area contributed by atoms with Crippen LogP contribution in [0.25, 0.3) is 0 Å². The first-order valence-electron chi connectivity index (χ1n) is 18.0. The van der Waals surface area contributed by atoms with E-state index in [0.29, 0.717) is 24.1 Å². The molecule has 0 saturated heterocycles. The van der Waals surface area contributed by atoms with Crippen molar-refractivity contribution in [1.29, 1.82) is 0 Å². The molecule has 0 heterocycles. The molecule has 258 valence electrons. The van der Waals surface area contributed by atoms with E-state index in [4.69, 9.17) is 14.0 Å². The Kier molecular flexibility index (Phi) is 25.8. The number of allylic oxidation sites excluding steroid dienone is 2. The molecule has 0 amide bonds. The Hall–Kier alpha value is -0.230. The van der Waals surface area contributed by atoms with E-state index in [0.717, 1.165) is 12.8 Å². The lowest BCUT2D eigenvalue weighted by molar-refractivity contribution is -0.884. The highest BCUT2D eigenvalue weighted by molar-refractivity contribution is 7.51. The molecule has 0 radical (unpaired) electrons. The second-order valence-electron chi connectivity index (χ2n) is 14.5. The van der Waals surface area contributed by atoms with Crippen LogP contribution in [0.2, 0.25) is 0 Å². The molecule has 7 heteroatoms. The van der Waals surface area contributed by atoms with Crippen LogP contribution in [0, 0.1) is 0 Å². The molecule has 0 rings (SSSR count). The van der Waals surface area contributed by atoms with Gasteiger partial charge in [0, 0.05) is 13.0 Å². The van der Waals surface area contributed by atoms with Crippen molar-refractivity contribution >= 4 is 7.60 Å². The number of nitrogens with zero attached hydrogens (tertiary/aromatic N) is 1. The molecule has 3 atom stereocenters. The molecule has 0 saturated carbocycles. The number of quaternary nitrogens is 1. The average molecular weight is 632 g/mol. The maximum absolute atomic E-state index is 12.8. The van der Waals surface area contributed by atoms with Crippen molar-refractivity contribution in [1.82, 2.24) is 0 Å². The van der Waals surface area contributed by atoms with E-state index in [-0.39, 0.29) is 6.61 Å². The molecule has 0 N–H and O–H groups in total. The summed E-state index contributed by atoms with van der Waals surface area (Å²) >= 11 is 0. The minimum atomic E-state index is -4.04. The van der Waals surface area contributed by atoms with Gasteiger partial charge in [-0.05, 0) is 52.9 Å². The van der Waals surface area contributed by atoms with E-state index in [9.17, 15) is 9.46 Å². The molecule has 6 nitrogen and oxygen atoms in total. The van der Waals surface area contributed by atoms with E-state index >= 15 is 0 Å². The van der Waals surface area contributed by atoms with Gasteiger partial charge in [0.15, 0.2) is 13.4 Å². The third kappa shape index (κ3) is 26.7. The Morgan fingerprint density at radius 2 is 1.14 bits per heavy atom. The Labute approximate surface area is 268 Å². The Morgan fingerprint density at radius 1 is 0.698 bits per heavy atom. The van der Waals surface area contributed by atoms with Crippen LogP contribution in [0.1, 0.15) is 163 Å². The fraction of sp³-hybridized carbons (Fsp3) is 0.944. The van der Waals surface area contributed by atoms with Gasteiger partial charge < -0.3 is 27.9 Å². The smallest absolute Gasteiger partial charge is 0.193 e. The zero-order chi connectivity index (χ0) is 32.5. The van der Waals surface area contributed by atoms with Crippen LogP contribution < -0.4 is 4.89 Å². The standard InChI is InChI=1S/C36H74NO5P/c1-9-11-12-13-14-15-16-17-18-19-20-21-22-23-24-25-26-27-28-29-30-31-40-32-34(42-36(3,4)5)33-41-43(38,39)35(10-2)37(6,7)8/h21-22,34-35H,9-20,23-33H2,1-8H3/b22-21-/t34-,35?/m1/s1. The van der Waals surface area contributed by atoms with Gasteiger partial charge in [-0.2, -0.15) is 0 Å². The van der Waals surface area contributed by atoms with Gasteiger partial charge >= 0.3 is 0 Å². The molecule has 0 fully saturated rings. The average Bonchev–Trinajstić information content (AvgIpc) is 2.90. The topological polar surface area (TPSA) is 67.8 Å². The van der Waals surface area contributed by atoms with Gasteiger partial charge in [-0.1, -0.05) is 116 Å². The molecular formula is C36H74NO5P. The summed E-state index contributed by atoms with van der Waals surface area (Å²) in [5, 5.41) is 0. The van der Waals surface area contributed by atoms with Crippen LogP contribution in [0.5, 0.6) is 0 Å². The van der Waals surface area contributed by atoms with Gasteiger partial charge in [-0.3, -0.25) is 0 Å². The van der Waals surface area contributed by atoms with Crippen molar-refractivity contribution in [2.45, 2.75) is 181 Å². The first kappa shape index (κ1) is 42.8. The van der Waals surface area contributed by atoms with Crippen molar-refractivity contribution in [3.63, 3.8) is 0 Å². The summed E-state index contributed by atoms with van der Waals surface area (Å²) in [6.07, 6.45) is 30.1. The number of hydrogen-bond donors (Lipinski definition) is 0. The lowest BCUT2D eigenvalue weighted by atomic mass is 10.1. The van der Waals surface area contributed by atoms with Gasteiger partial charge in [0.05, 0.1) is 40.0 Å². The van der Waals surface area contributed by atoms with Crippen LogP contribution in [-0.2, 0) is 18.6 Å². The number of unbranched alkanes of at least 4 members (excludes halogenated alkanes) is 17. The number of rotatable bonds is 30. The maximum Gasteiger partial charge on any atom is 0.193 e. The van der Waals surface area contributed by atoms with Crippen LogP contribution in [-0.4, -0.2) is 62.9 Å². The van der Waals surface area contributed by atoms with Crippen LogP contribution in [0.15, 0.2) is 12.2 Å². The predicted octanol–water partition coefficient (Wildman–Crippen LogP) is 10.2. The van der Waals surface area contributed by atoms with E-state index in [1.807, 2.05) is 48.8 Å². The highest BCUT2D eigenvalue weighted by Gasteiger charge is 2.34. The van der Waals surface area contributed by atoms with Gasteiger partial charge in [0.25, 0.3) is 0 Å². The van der Waals surface area contributed by atoms with Crippen molar-refractivity contribution in [2.75, 3.05) is 41.0 Å². The van der Waals surface area contributed by atoms with Crippen molar-refractivity contribution in [3.8, 4) is 0 Å². The highest BCUT2D eigenvalue weighted by Crippen LogP contribution is 2.47. The summed E-state index contributed by atoms with van der Waals surface area (Å²) in [7, 11) is 1.60. The fourth-order valence-corrected chi connectivity index (χ4v) is 7.48. The summed E-state index contributed by atoms with van der Waals surface area (Å²) in [6, 6.07) is 0. The van der Waals surface area contributed by atoms with E-state index in [2.05, 4.69) is 19.1 Å². The second-order valence-corrected chi connectivity index (χ2v) is 16.4. The third-order valence-electron chi connectivity index (χ3n) is 7.94. The largest absolute Gasteiger partial charge is 0.774 e. The van der Waals surface area contributed by atoms with Crippen LogP contribution in [0.3, 0.4) is 0 Å². The van der Waals surface area contributed by atoms with E-state index in [1.54, 1.807) is 0 Å². The molecule has 0 spiro atoms. The van der Waals surface area contributed by atoms with E-state index < -0.39 is 25.1 Å². The SMILES string of the molecule is CCCCCCCCCCCC/C=C\CCCCCCCCCOC[C@H](COP(=O)([O-])C(CC)[N+](C)(C)C)OC(C)(C)C. The molecule has 0 aromatic rings. The number of ether oxygens (including phenoxy) is 2. The van der Waals surface area contributed by atoms with Crippen molar-refractivity contribution in [2.24, 2.45) is 0 Å². The Morgan fingerprint density at radius 3 is 1.56 bits per heavy atom. The molecule has 0 bridgehead atoms. The zero-order valence-electron chi connectivity index (χ0n) is 30.0. The van der Waals surface area contributed by atoms with Crippen molar-refractivity contribution in [3.05, 3.63) is 12.2 Å². The van der Waals surface area contributed by atoms with Gasteiger partial charge in [-0.15, -0.1) is 0 Å². The monoisotopic (exact) mass is 632 g/mol. The van der Waals surface area contributed by atoms with Crippen molar-refractivity contribution < 1.29 is 27.9 Å². The van der Waals surface area contributed by atoms with Crippen LogP contribution in [0.4, 0.5) is 0 Å². The molecule has 0 aromatic carbocycles. The predicted molar refractivity (Wildman–Crippen MR) is 184 cm³/mol. The maximum atomic E-state index is 12.8. The Bertz CT molecular complexity index is 701. The minimum absolute atomic E-state index is 0.0109. The summed E-state index contributed by atoms with van der Waals surface area (Å²) in [5.74, 6) is -0.584. The molecule has 0 aliphatic carbocycles. The second kappa shape index (κ2) is 25.9. The molecule has 43 heavy (non-hydrogen) atoms. The van der Waals surface area contributed by atoms with E-state index in [1.165, 1.54) is 109 Å². The van der Waals surface area contributed by atoms with Gasteiger partial charge in [-0.25, -0.2) is 0 Å². The van der Waals surface area contributed by atoms with Gasteiger partial charge in [0.2, 0.25) is 0 Å². The van der Waals surface area contributed by atoms with Crippen LogP contribution >= 0.6 is 7.60 Å². The first-order valence-corrected chi connectivity index (χ1v) is 19.6. The summed E-state index contributed by atoms with van der Waals surface area (Å²) in [6.45, 7) is 11.1. The molecule has 0 aromatic heterocycles. The lowest BCUT2D eigenvalue weighted by Gasteiger charge is -2.41. The zero-order valence-corrected chi connectivity index (χ0v) is 30.9. The fourth-order valence-electron chi connectivity index (χ4n) is 5.64. The summed E-state index contributed by atoms with van der Waals surface area (Å²) in [4.78, 5) is 12.8. The summed E-state index contributed by atoms with van der Waals surface area (Å²) < 4.78 is 30.6. The number of hydrogen-bond acceptors (Lipinski definition) is 5. The molecule has 0 aliphatic heterocycles. The summed E-state index contributed by atoms with van der Waals surface area (Å²) in [5.41, 5.74) is -0.406. The molecular weight excluding hydrogens is 557 g/mol. The van der Waals surface area contributed by atoms with Gasteiger partial charge in [0.1, 0.15) is 6.10 Å². The molecule has 0 aliphatic rings.